The molecule has 0 bridgehead atoms. The Labute approximate surface area is 156 Å². The van der Waals surface area contributed by atoms with E-state index in [4.69, 9.17) is 0 Å². The Kier molecular flexibility index (Phi) is 6.98. The van der Waals surface area contributed by atoms with E-state index in [1.54, 1.807) is 0 Å². The van der Waals surface area contributed by atoms with Crippen molar-refractivity contribution in [2.24, 2.45) is 0 Å². The second-order valence-corrected chi connectivity index (χ2v) is 5.59. The van der Waals surface area contributed by atoms with E-state index in [0.717, 1.165) is 0 Å². The first-order chi connectivity index (χ1) is 13.1. The van der Waals surface area contributed by atoms with Crippen LogP contribution in [0.4, 0.5) is 87.8 Å². The quantitative estimate of drug-likeness (QED) is 0.281. The highest BCUT2D eigenvalue weighted by molar-refractivity contribution is 5.17. The Bertz CT molecular complexity index is 590. The lowest BCUT2D eigenvalue weighted by Gasteiger charge is -2.44. The van der Waals surface area contributed by atoms with Crippen molar-refractivity contribution in [2.45, 2.75) is 53.3 Å². The molecule has 0 heterocycles. The molecule has 0 rings (SSSR count). The van der Waals surface area contributed by atoms with Gasteiger partial charge in [-0.25, -0.2) is 8.78 Å². The fourth-order valence-corrected chi connectivity index (χ4v) is 1.58. The van der Waals surface area contributed by atoms with Crippen LogP contribution in [0.25, 0.3) is 0 Å². The van der Waals surface area contributed by atoms with Crippen molar-refractivity contribution in [3.05, 3.63) is 6.67 Å². The molecule has 0 saturated heterocycles. The maximum atomic E-state index is 13.2. The molecule has 0 aromatic heterocycles. The average Bonchev–Trinajstić information content (AvgIpc) is 2.59. The minimum absolute atomic E-state index is 2.82. The first-order valence-electron chi connectivity index (χ1n) is 6.53. The van der Waals surface area contributed by atoms with E-state index in [-0.39, 0.29) is 0 Å². The summed E-state index contributed by atoms with van der Waals surface area (Å²) >= 11 is 0. The second kappa shape index (κ2) is 7.31. The molecule has 187 valence electrons. The summed E-state index contributed by atoms with van der Waals surface area (Å²) in [5.41, 5.74) is 0. The van der Waals surface area contributed by atoms with Gasteiger partial charge in [0.25, 0.3) is 0 Å². The molecule has 0 aliphatic rings. The molecule has 0 unspecified atom stereocenters. The van der Waals surface area contributed by atoms with Crippen LogP contribution in [0.15, 0.2) is 0 Å². The molecule has 0 aliphatic carbocycles. The van der Waals surface area contributed by atoms with Crippen LogP contribution in [0.1, 0.15) is 0 Å². The molecule has 0 saturated carbocycles. The van der Waals surface area contributed by atoms with Gasteiger partial charge in [0.1, 0.15) is 0 Å². The van der Waals surface area contributed by atoms with Crippen LogP contribution in [0.5, 0.6) is 0 Å². The van der Waals surface area contributed by atoms with Crippen LogP contribution < -0.4 is 0 Å². The molecule has 31 heavy (non-hydrogen) atoms. The predicted octanol–water partition coefficient (Wildman–Crippen LogP) is 6.80. The Morgan fingerprint density at radius 1 is 0.387 bits per heavy atom. The molecular formula is C11H3F20. The molecule has 20 heteroatoms. The first-order valence-corrected chi connectivity index (χ1v) is 6.53. The molecule has 0 spiro atoms. The highest BCUT2D eigenvalue weighted by Crippen LogP contribution is 2.65. The molecule has 0 nitrogen and oxygen atoms in total. The van der Waals surface area contributed by atoms with E-state index < -0.39 is 66.7 Å². The van der Waals surface area contributed by atoms with Gasteiger partial charge in [-0.2, -0.15) is 79.0 Å². The zero-order chi connectivity index (χ0) is 25.9. The van der Waals surface area contributed by atoms with Crippen molar-refractivity contribution < 1.29 is 87.8 Å². The number of halogens is 20. The van der Waals surface area contributed by atoms with E-state index in [1.807, 2.05) is 0 Å². The largest absolute Gasteiger partial charge is 0.385 e. The molecule has 0 atom stereocenters. The Morgan fingerprint density at radius 2 is 0.613 bits per heavy atom. The van der Waals surface area contributed by atoms with Gasteiger partial charge in [0, 0.05) is 0 Å². The summed E-state index contributed by atoms with van der Waals surface area (Å²) in [5.74, 6) is -74.3. The molecule has 0 N–H and O–H groups in total. The fraction of sp³-hybridized carbons (Fsp3) is 0.909. The summed E-state index contributed by atoms with van der Waals surface area (Å²) in [6.07, 6.45) is 0. The van der Waals surface area contributed by atoms with E-state index in [9.17, 15) is 87.8 Å². The smallest absolute Gasteiger partial charge is 0.244 e. The zero-order valence-electron chi connectivity index (χ0n) is 13.3. The molecule has 1 radical (unpaired) electrons. The minimum atomic E-state index is -8.95. The molecule has 0 aliphatic heterocycles. The average molecular weight is 515 g/mol. The third-order valence-electron chi connectivity index (χ3n) is 3.55. The van der Waals surface area contributed by atoms with Gasteiger partial charge in [-0.05, 0) is 0 Å². The number of hydrogen-bond acceptors (Lipinski definition) is 0. The molecule has 0 fully saturated rings. The lowest BCUT2D eigenvalue weighted by atomic mass is 9.86. The van der Waals surface area contributed by atoms with Crippen LogP contribution in [0.2, 0.25) is 0 Å². The molecule has 0 aromatic carbocycles. The summed E-state index contributed by atoms with van der Waals surface area (Å²) in [6, 6.07) is 0. The van der Waals surface area contributed by atoms with Gasteiger partial charge in [-0.3, -0.25) is 0 Å². The number of hydrogen-bond donors (Lipinski definition) is 0. The summed E-state index contributed by atoms with van der Waals surface area (Å²) in [4.78, 5) is 0. The van der Waals surface area contributed by atoms with Crippen LogP contribution in [0.3, 0.4) is 0 Å². The van der Waals surface area contributed by atoms with E-state index in [1.165, 1.54) is 0 Å². The van der Waals surface area contributed by atoms with Crippen molar-refractivity contribution in [3.8, 4) is 0 Å². The standard InChI is InChI=1S/C11H3F20/c12-1-3(14,15)5(18,19)7(22,23)9(26,27)11(30,31)10(28,29)8(24,25)6(20,21)4(16,17)2-13/h1H,2H2. The highest BCUT2D eigenvalue weighted by atomic mass is 19.4. The Hall–Kier alpha value is -1.40. The molecular weight excluding hydrogens is 512 g/mol. The predicted molar refractivity (Wildman–Crippen MR) is 55.9 cm³/mol. The maximum Gasteiger partial charge on any atom is 0.385 e. The van der Waals surface area contributed by atoms with Gasteiger partial charge in [0.15, 0.2) is 6.67 Å². The summed E-state index contributed by atoms with van der Waals surface area (Å²) in [7, 11) is 0. The normalized spacial score (nSPS) is 16.6. The zero-order valence-corrected chi connectivity index (χ0v) is 13.3. The van der Waals surface area contributed by atoms with Crippen LogP contribution in [-0.2, 0) is 0 Å². The lowest BCUT2D eigenvalue weighted by Crippen LogP contribution is -2.76. The third-order valence-corrected chi connectivity index (χ3v) is 3.55. The number of alkyl halides is 19. The maximum absolute atomic E-state index is 13.2. The van der Waals surface area contributed by atoms with E-state index in [2.05, 4.69) is 0 Å². The monoisotopic (exact) mass is 515 g/mol. The number of rotatable bonds is 10. The van der Waals surface area contributed by atoms with Gasteiger partial charge in [-0.1, -0.05) is 0 Å². The van der Waals surface area contributed by atoms with Gasteiger partial charge < -0.3 is 0 Å². The van der Waals surface area contributed by atoms with Crippen molar-refractivity contribution in [3.63, 3.8) is 0 Å². The van der Waals surface area contributed by atoms with Crippen molar-refractivity contribution in [1.82, 2.24) is 0 Å². The lowest BCUT2D eigenvalue weighted by molar-refractivity contribution is -0.461. The first kappa shape index (κ1) is 29.6. The van der Waals surface area contributed by atoms with E-state index in [0.29, 0.717) is 0 Å². The van der Waals surface area contributed by atoms with Gasteiger partial charge >= 0.3 is 53.3 Å². The summed E-state index contributed by atoms with van der Waals surface area (Å²) in [6.45, 7) is -6.86. The molecule has 0 aromatic rings. The van der Waals surface area contributed by atoms with Crippen molar-refractivity contribution in [2.75, 3.05) is 6.67 Å². The highest BCUT2D eigenvalue weighted by Gasteiger charge is 2.96. The van der Waals surface area contributed by atoms with Gasteiger partial charge in [0.05, 0.1) is 0 Å². The van der Waals surface area contributed by atoms with Gasteiger partial charge in [0.2, 0.25) is 6.67 Å². The van der Waals surface area contributed by atoms with Crippen molar-refractivity contribution in [1.29, 1.82) is 0 Å². The summed E-state index contributed by atoms with van der Waals surface area (Å²) < 4.78 is 256. The van der Waals surface area contributed by atoms with Crippen LogP contribution >= 0.6 is 0 Å². The SMILES string of the molecule is F[CH]C(F)(F)C(F)(F)C(F)(F)C(F)(F)C(F)(F)C(F)(F)C(F)(F)C(F)(F)C(F)(F)CF. The Morgan fingerprint density at radius 3 is 0.839 bits per heavy atom. The topological polar surface area (TPSA) is 0 Å². The second-order valence-electron chi connectivity index (χ2n) is 5.59. The minimum Gasteiger partial charge on any atom is -0.244 e. The fourth-order valence-electron chi connectivity index (χ4n) is 1.58. The van der Waals surface area contributed by atoms with E-state index >= 15 is 0 Å². The molecule has 0 amide bonds. The van der Waals surface area contributed by atoms with Gasteiger partial charge in [-0.15, -0.1) is 0 Å². The third kappa shape index (κ3) is 3.45. The van der Waals surface area contributed by atoms with Crippen molar-refractivity contribution >= 4 is 0 Å². The summed E-state index contributed by atoms with van der Waals surface area (Å²) in [5, 5.41) is 0. The van der Waals surface area contributed by atoms with Crippen LogP contribution in [0, 0.1) is 6.67 Å². The van der Waals surface area contributed by atoms with Crippen LogP contribution in [-0.4, -0.2) is 60.0 Å². The Balaban J connectivity index is 6.89.